The number of aliphatic imine (C=N–C) groups is 1. The number of esters is 1. The molecule has 2 aliphatic rings. The molecule has 112 valence electrons. The zero-order valence-corrected chi connectivity index (χ0v) is 12.5. The molecule has 1 aliphatic heterocycles. The standard InChI is InChI=1S/C14H21FN2O2S/c1-9-12(11(7-15)17-14(20)16-9)13(18)19-8-10-5-3-2-4-6-10/h10-12H,2-8H2,1H3,(H,17,20). The van der Waals surface area contributed by atoms with Crippen LogP contribution in [0.2, 0.25) is 0 Å². The van der Waals surface area contributed by atoms with Crippen LogP contribution in [0.25, 0.3) is 0 Å². The normalized spacial score (nSPS) is 27.7. The lowest BCUT2D eigenvalue weighted by molar-refractivity contribution is -0.148. The lowest BCUT2D eigenvalue weighted by Crippen LogP contribution is -2.51. The van der Waals surface area contributed by atoms with Crippen LogP contribution >= 0.6 is 12.2 Å². The molecule has 6 heteroatoms. The number of nitrogens with zero attached hydrogens (tertiary/aromatic N) is 1. The molecule has 1 saturated carbocycles. The maximum Gasteiger partial charge on any atom is 0.316 e. The van der Waals surface area contributed by atoms with E-state index in [-0.39, 0.29) is 5.11 Å². The van der Waals surface area contributed by atoms with Crippen LogP contribution in [0.4, 0.5) is 4.39 Å². The number of rotatable bonds is 4. The molecule has 0 spiro atoms. The molecule has 20 heavy (non-hydrogen) atoms. The maximum absolute atomic E-state index is 13.0. The fourth-order valence-electron chi connectivity index (χ4n) is 2.90. The highest BCUT2D eigenvalue weighted by atomic mass is 32.1. The number of hydrogen-bond acceptors (Lipinski definition) is 3. The second-order valence-electron chi connectivity index (χ2n) is 5.58. The number of halogens is 1. The van der Waals surface area contributed by atoms with Crippen molar-refractivity contribution < 1.29 is 13.9 Å². The Bertz CT molecular complexity index is 408. The van der Waals surface area contributed by atoms with Crippen molar-refractivity contribution in [1.29, 1.82) is 0 Å². The first-order chi connectivity index (χ1) is 9.61. The largest absolute Gasteiger partial charge is 0.465 e. The first-order valence-corrected chi connectivity index (χ1v) is 7.61. The molecular weight excluding hydrogens is 279 g/mol. The van der Waals surface area contributed by atoms with Crippen molar-refractivity contribution >= 4 is 29.0 Å². The van der Waals surface area contributed by atoms with Gasteiger partial charge in [-0.3, -0.25) is 4.79 Å². The molecule has 0 aromatic rings. The van der Waals surface area contributed by atoms with E-state index in [1.54, 1.807) is 6.92 Å². The lowest BCUT2D eigenvalue weighted by Gasteiger charge is -2.29. The second-order valence-corrected chi connectivity index (χ2v) is 5.96. The highest BCUT2D eigenvalue weighted by molar-refractivity contribution is 7.80. The van der Waals surface area contributed by atoms with Crippen LogP contribution in [0, 0.1) is 11.8 Å². The van der Waals surface area contributed by atoms with Gasteiger partial charge in [-0.1, -0.05) is 19.3 Å². The van der Waals surface area contributed by atoms with E-state index in [4.69, 9.17) is 17.0 Å². The monoisotopic (exact) mass is 300 g/mol. The Hall–Kier alpha value is -1.04. The maximum atomic E-state index is 13.0. The molecule has 0 aromatic carbocycles. The van der Waals surface area contributed by atoms with E-state index in [1.807, 2.05) is 0 Å². The predicted octanol–water partition coefficient (Wildman–Crippen LogP) is 2.41. The van der Waals surface area contributed by atoms with Crippen molar-refractivity contribution in [3.05, 3.63) is 0 Å². The summed E-state index contributed by atoms with van der Waals surface area (Å²) in [5, 5.41) is 2.97. The number of ether oxygens (including phenoxy) is 1. The number of nitrogens with one attached hydrogen (secondary N) is 1. The topological polar surface area (TPSA) is 50.7 Å². The highest BCUT2D eigenvalue weighted by Crippen LogP contribution is 2.24. The zero-order valence-electron chi connectivity index (χ0n) is 11.7. The molecule has 1 aliphatic carbocycles. The van der Waals surface area contributed by atoms with Crippen molar-refractivity contribution in [1.82, 2.24) is 5.32 Å². The molecule has 0 saturated heterocycles. The number of thiocarbonyl (C=S) groups is 1. The molecule has 0 aromatic heterocycles. The van der Waals surface area contributed by atoms with Gasteiger partial charge < -0.3 is 10.1 Å². The predicted molar refractivity (Wildman–Crippen MR) is 79.6 cm³/mol. The van der Waals surface area contributed by atoms with Gasteiger partial charge in [0.15, 0.2) is 5.11 Å². The quantitative estimate of drug-likeness (QED) is 0.640. The Morgan fingerprint density at radius 3 is 2.80 bits per heavy atom. The van der Waals surface area contributed by atoms with Crippen LogP contribution in [0.15, 0.2) is 4.99 Å². The molecule has 0 bridgehead atoms. The molecule has 2 rings (SSSR count). The van der Waals surface area contributed by atoms with Crippen LogP contribution in [0.3, 0.4) is 0 Å². The summed E-state index contributed by atoms with van der Waals surface area (Å²) in [5.41, 5.74) is 0.532. The van der Waals surface area contributed by atoms with E-state index >= 15 is 0 Å². The van der Waals surface area contributed by atoms with Crippen molar-refractivity contribution in [2.75, 3.05) is 13.3 Å². The summed E-state index contributed by atoms with van der Waals surface area (Å²) in [6, 6.07) is -0.654. The van der Waals surface area contributed by atoms with Gasteiger partial charge in [0.2, 0.25) is 0 Å². The van der Waals surface area contributed by atoms with Crippen LogP contribution in [0.1, 0.15) is 39.0 Å². The fourth-order valence-corrected chi connectivity index (χ4v) is 3.20. The molecule has 0 radical (unpaired) electrons. The summed E-state index contributed by atoms with van der Waals surface area (Å²) in [6.07, 6.45) is 5.90. The van der Waals surface area contributed by atoms with E-state index in [0.29, 0.717) is 18.2 Å². The van der Waals surface area contributed by atoms with Gasteiger partial charge in [-0.05, 0) is 37.9 Å². The van der Waals surface area contributed by atoms with E-state index in [2.05, 4.69) is 10.3 Å². The minimum absolute atomic E-state index is 0.237. The summed E-state index contributed by atoms with van der Waals surface area (Å²) in [7, 11) is 0. The third kappa shape index (κ3) is 3.75. The van der Waals surface area contributed by atoms with Gasteiger partial charge in [-0.2, -0.15) is 0 Å². The van der Waals surface area contributed by atoms with Gasteiger partial charge >= 0.3 is 5.97 Å². The SMILES string of the molecule is CC1=NC(=S)NC(CF)C1C(=O)OCC1CCCCC1. The Labute approximate surface area is 124 Å². The molecule has 1 N–H and O–H groups in total. The highest BCUT2D eigenvalue weighted by Gasteiger charge is 2.36. The van der Waals surface area contributed by atoms with Crippen molar-refractivity contribution in [2.24, 2.45) is 16.8 Å². The third-order valence-electron chi connectivity index (χ3n) is 4.05. The van der Waals surface area contributed by atoms with Gasteiger partial charge in [-0.15, -0.1) is 0 Å². The summed E-state index contributed by atoms with van der Waals surface area (Å²) in [5.74, 6) is -0.615. The van der Waals surface area contributed by atoms with Crippen molar-refractivity contribution in [3.8, 4) is 0 Å². The number of hydrogen-bond donors (Lipinski definition) is 1. The van der Waals surface area contributed by atoms with Gasteiger partial charge in [-0.25, -0.2) is 9.38 Å². The first kappa shape index (κ1) is 15.4. The third-order valence-corrected chi connectivity index (χ3v) is 4.25. The Kier molecular flexibility index (Phi) is 5.46. The molecule has 0 amide bonds. The minimum atomic E-state index is -0.671. The van der Waals surface area contributed by atoms with Crippen molar-refractivity contribution in [2.45, 2.75) is 45.1 Å². The van der Waals surface area contributed by atoms with Gasteiger partial charge in [0.25, 0.3) is 0 Å². The Morgan fingerprint density at radius 2 is 2.15 bits per heavy atom. The summed E-state index contributed by atoms with van der Waals surface area (Å²) in [6.45, 7) is 1.46. The summed E-state index contributed by atoms with van der Waals surface area (Å²) >= 11 is 4.92. The average Bonchev–Trinajstić information content (AvgIpc) is 2.45. The molecule has 2 unspecified atom stereocenters. The van der Waals surface area contributed by atoms with E-state index in [1.165, 1.54) is 19.3 Å². The van der Waals surface area contributed by atoms with Gasteiger partial charge in [0.1, 0.15) is 12.6 Å². The average molecular weight is 300 g/mol. The molecule has 1 fully saturated rings. The van der Waals surface area contributed by atoms with E-state index in [9.17, 15) is 9.18 Å². The summed E-state index contributed by atoms with van der Waals surface area (Å²) < 4.78 is 18.4. The van der Waals surface area contributed by atoms with Gasteiger partial charge in [0, 0.05) is 5.71 Å². The zero-order chi connectivity index (χ0) is 14.5. The van der Waals surface area contributed by atoms with E-state index < -0.39 is 24.6 Å². The first-order valence-electron chi connectivity index (χ1n) is 7.20. The Morgan fingerprint density at radius 1 is 1.45 bits per heavy atom. The smallest absolute Gasteiger partial charge is 0.316 e. The lowest BCUT2D eigenvalue weighted by atomic mass is 9.90. The number of carbonyl (C=O) groups is 1. The number of alkyl halides is 1. The molecular formula is C14H21FN2O2S. The van der Waals surface area contributed by atoms with Crippen LogP contribution in [0.5, 0.6) is 0 Å². The second kappa shape index (κ2) is 7.11. The van der Waals surface area contributed by atoms with Crippen molar-refractivity contribution in [3.63, 3.8) is 0 Å². The summed E-state index contributed by atoms with van der Waals surface area (Å²) in [4.78, 5) is 16.2. The van der Waals surface area contributed by atoms with E-state index in [0.717, 1.165) is 12.8 Å². The van der Waals surface area contributed by atoms with Crippen LogP contribution in [-0.4, -0.2) is 36.1 Å². The Balaban J connectivity index is 1.92. The van der Waals surface area contributed by atoms with Crippen LogP contribution < -0.4 is 5.32 Å². The van der Waals surface area contributed by atoms with Crippen LogP contribution in [-0.2, 0) is 9.53 Å². The fraction of sp³-hybridized carbons (Fsp3) is 0.786. The minimum Gasteiger partial charge on any atom is -0.465 e. The number of carbonyl (C=O) groups excluding carboxylic acids is 1. The molecule has 4 nitrogen and oxygen atoms in total. The molecule has 2 atom stereocenters. The molecule has 1 heterocycles. The van der Waals surface area contributed by atoms with Gasteiger partial charge in [0.05, 0.1) is 12.6 Å².